The summed E-state index contributed by atoms with van der Waals surface area (Å²) in [6.45, 7) is 4.37. The molecule has 0 saturated carbocycles. The predicted molar refractivity (Wildman–Crippen MR) is 88.1 cm³/mol. The zero-order valence-corrected chi connectivity index (χ0v) is 14.2. The lowest BCUT2D eigenvalue weighted by Gasteiger charge is -2.44. The molecule has 5 atom stereocenters. The molecule has 3 rings (SSSR count). The molecule has 0 unspecified atom stereocenters. The van der Waals surface area contributed by atoms with Crippen LogP contribution in [0.3, 0.4) is 0 Å². The van der Waals surface area contributed by atoms with E-state index in [1.165, 1.54) is 4.90 Å². The van der Waals surface area contributed by atoms with Gasteiger partial charge in [0.25, 0.3) is 0 Å². The number of fused-ring (bicyclic) bond motifs is 1. The lowest BCUT2D eigenvalue weighted by molar-refractivity contribution is -0.161. The van der Waals surface area contributed by atoms with Gasteiger partial charge in [-0.2, -0.15) is 0 Å². The SMILES string of the molecule is CN[C@@H]1CN[C@H](/C=C(\C)C2=C(C(=O)O)N3C(=O)[C@H]([C@@H](C)O)[C@H]3C2)C1. The molecule has 3 aliphatic heterocycles. The summed E-state index contributed by atoms with van der Waals surface area (Å²) in [5.74, 6) is -1.86. The summed E-state index contributed by atoms with van der Waals surface area (Å²) in [6, 6.07) is 0.377. The number of β-lactam (4-membered cyclic amide) rings is 1. The molecule has 0 spiro atoms. The van der Waals surface area contributed by atoms with Crippen LogP contribution in [0, 0.1) is 5.92 Å². The molecule has 3 aliphatic rings. The first-order valence-corrected chi connectivity index (χ1v) is 8.42. The summed E-state index contributed by atoms with van der Waals surface area (Å²) >= 11 is 0. The molecular weight excluding hydrogens is 310 g/mol. The van der Waals surface area contributed by atoms with Crippen LogP contribution < -0.4 is 10.6 Å². The summed E-state index contributed by atoms with van der Waals surface area (Å²) in [7, 11) is 1.93. The minimum atomic E-state index is -1.08. The Balaban J connectivity index is 1.84. The van der Waals surface area contributed by atoms with Crippen LogP contribution in [0.1, 0.15) is 26.7 Å². The number of carboxylic acid groups (broad SMARTS) is 1. The van der Waals surface area contributed by atoms with Crippen molar-refractivity contribution in [1.29, 1.82) is 0 Å². The number of hydrogen-bond donors (Lipinski definition) is 4. The number of carbonyl (C=O) groups excluding carboxylic acids is 1. The molecule has 0 aliphatic carbocycles. The van der Waals surface area contributed by atoms with E-state index in [2.05, 4.69) is 16.7 Å². The summed E-state index contributed by atoms with van der Waals surface area (Å²) in [5.41, 5.74) is 1.69. The lowest BCUT2D eigenvalue weighted by atomic mass is 9.82. The summed E-state index contributed by atoms with van der Waals surface area (Å²) in [4.78, 5) is 25.3. The van der Waals surface area contributed by atoms with Gasteiger partial charge in [-0.15, -0.1) is 0 Å². The number of aliphatic hydroxyl groups is 1. The minimum absolute atomic E-state index is 0.0822. The zero-order valence-electron chi connectivity index (χ0n) is 14.2. The van der Waals surface area contributed by atoms with Crippen molar-refractivity contribution in [1.82, 2.24) is 15.5 Å². The maximum Gasteiger partial charge on any atom is 0.352 e. The molecule has 7 heteroatoms. The van der Waals surface area contributed by atoms with Gasteiger partial charge < -0.3 is 25.7 Å². The number of carbonyl (C=O) groups is 2. The highest BCUT2D eigenvalue weighted by Crippen LogP contribution is 2.45. The van der Waals surface area contributed by atoms with Gasteiger partial charge in [0.1, 0.15) is 5.70 Å². The number of nitrogens with zero attached hydrogens (tertiary/aromatic N) is 1. The fourth-order valence-electron chi connectivity index (χ4n) is 4.14. The molecule has 0 radical (unpaired) electrons. The Kier molecular flexibility index (Phi) is 4.50. The number of rotatable bonds is 5. The van der Waals surface area contributed by atoms with Crippen LogP contribution >= 0.6 is 0 Å². The predicted octanol–water partition coefficient (Wildman–Crippen LogP) is -0.167. The Hall–Kier alpha value is -1.70. The summed E-state index contributed by atoms with van der Waals surface area (Å²) in [6.07, 6.45) is 2.74. The van der Waals surface area contributed by atoms with E-state index in [4.69, 9.17) is 0 Å². The van der Waals surface area contributed by atoms with Gasteiger partial charge in [0.2, 0.25) is 5.91 Å². The second-order valence-corrected chi connectivity index (χ2v) is 6.96. The Morgan fingerprint density at radius 3 is 2.75 bits per heavy atom. The van der Waals surface area contributed by atoms with Crippen molar-refractivity contribution >= 4 is 11.9 Å². The highest BCUT2D eigenvalue weighted by Gasteiger charge is 2.56. The molecular formula is C17H25N3O4. The van der Waals surface area contributed by atoms with E-state index in [1.807, 2.05) is 14.0 Å². The topological polar surface area (TPSA) is 102 Å². The number of carboxylic acids is 1. The molecule has 0 bridgehead atoms. The quantitative estimate of drug-likeness (QED) is 0.521. The summed E-state index contributed by atoms with van der Waals surface area (Å²) in [5, 5.41) is 26.0. The molecule has 0 aromatic heterocycles. The molecule has 3 heterocycles. The molecule has 7 nitrogen and oxygen atoms in total. The second-order valence-electron chi connectivity index (χ2n) is 6.96. The molecule has 2 saturated heterocycles. The molecule has 2 fully saturated rings. The van der Waals surface area contributed by atoms with E-state index in [9.17, 15) is 19.8 Å². The van der Waals surface area contributed by atoms with Gasteiger partial charge in [-0.1, -0.05) is 6.08 Å². The van der Waals surface area contributed by atoms with Crippen LogP contribution in [0.15, 0.2) is 22.9 Å². The van der Waals surface area contributed by atoms with Crippen LogP contribution in [0.25, 0.3) is 0 Å². The normalized spacial score (nSPS) is 34.4. The van der Waals surface area contributed by atoms with Crippen LogP contribution in [0.2, 0.25) is 0 Å². The molecule has 1 amide bonds. The van der Waals surface area contributed by atoms with Crippen molar-refractivity contribution in [2.45, 2.75) is 50.9 Å². The van der Waals surface area contributed by atoms with Crippen molar-refractivity contribution in [2.75, 3.05) is 13.6 Å². The number of amides is 1. The fraction of sp³-hybridized carbons (Fsp3) is 0.647. The monoisotopic (exact) mass is 335 g/mol. The maximum atomic E-state index is 12.2. The second kappa shape index (κ2) is 6.31. The third kappa shape index (κ3) is 2.66. The van der Waals surface area contributed by atoms with Crippen LogP contribution in [0.5, 0.6) is 0 Å². The van der Waals surface area contributed by atoms with Gasteiger partial charge in [0.05, 0.1) is 18.1 Å². The average molecular weight is 335 g/mol. The third-order valence-electron chi connectivity index (χ3n) is 5.43. The highest BCUT2D eigenvalue weighted by molar-refractivity contribution is 6.00. The van der Waals surface area contributed by atoms with Crippen LogP contribution in [-0.2, 0) is 9.59 Å². The third-order valence-corrected chi connectivity index (χ3v) is 5.43. The van der Waals surface area contributed by atoms with Gasteiger partial charge in [-0.25, -0.2) is 4.79 Å². The van der Waals surface area contributed by atoms with E-state index < -0.39 is 18.0 Å². The van der Waals surface area contributed by atoms with Crippen molar-refractivity contribution in [2.24, 2.45) is 5.92 Å². The van der Waals surface area contributed by atoms with Gasteiger partial charge in [0, 0.05) is 18.6 Å². The van der Waals surface area contributed by atoms with Crippen molar-refractivity contribution in [3.8, 4) is 0 Å². The smallest absolute Gasteiger partial charge is 0.352 e. The Bertz CT molecular complexity index is 625. The van der Waals surface area contributed by atoms with E-state index in [1.54, 1.807) is 6.92 Å². The first kappa shape index (κ1) is 17.1. The molecule has 0 aromatic carbocycles. The van der Waals surface area contributed by atoms with Gasteiger partial charge in [-0.3, -0.25) is 4.79 Å². The summed E-state index contributed by atoms with van der Waals surface area (Å²) < 4.78 is 0. The van der Waals surface area contributed by atoms with Crippen LogP contribution in [0.4, 0.5) is 0 Å². The number of aliphatic carboxylic acids is 1. The highest BCUT2D eigenvalue weighted by atomic mass is 16.4. The number of nitrogens with one attached hydrogen (secondary N) is 2. The van der Waals surface area contributed by atoms with Gasteiger partial charge in [-0.05, 0) is 44.9 Å². The maximum absolute atomic E-state index is 12.2. The Morgan fingerprint density at radius 2 is 2.21 bits per heavy atom. The largest absolute Gasteiger partial charge is 0.477 e. The first-order chi connectivity index (χ1) is 11.3. The van der Waals surface area contributed by atoms with Gasteiger partial charge >= 0.3 is 5.97 Å². The van der Waals surface area contributed by atoms with E-state index in [-0.39, 0.29) is 23.7 Å². The molecule has 4 N–H and O–H groups in total. The number of likely N-dealkylation sites (N-methyl/N-ethyl adjacent to an activating group) is 1. The standard InChI is InChI=1S/C17H25N3O4/c1-8(4-10-5-11(18-3)7-19-10)12-6-13-14(9(2)21)16(22)20(13)15(12)17(23)24/h4,9-11,13-14,18-19,21H,5-7H2,1-3H3,(H,23,24)/b8-4+/t9-,10-,11+,13-,14-/m1/s1. The number of hydrogen-bond acceptors (Lipinski definition) is 5. The fourth-order valence-corrected chi connectivity index (χ4v) is 4.14. The molecule has 132 valence electrons. The lowest BCUT2D eigenvalue weighted by Crippen LogP contribution is -2.61. The van der Waals surface area contributed by atoms with E-state index >= 15 is 0 Å². The number of aliphatic hydroxyl groups excluding tert-OH is 1. The number of allylic oxidation sites excluding steroid dienone is 1. The zero-order chi connectivity index (χ0) is 17.6. The minimum Gasteiger partial charge on any atom is -0.477 e. The van der Waals surface area contributed by atoms with E-state index in [0.29, 0.717) is 18.0 Å². The first-order valence-electron chi connectivity index (χ1n) is 8.42. The average Bonchev–Trinajstić information content (AvgIpc) is 3.08. The Labute approximate surface area is 141 Å². The molecule has 24 heavy (non-hydrogen) atoms. The van der Waals surface area contributed by atoms with Gasteiger partial charge in [0.15, 0.2) is 0 Å². The van der Waals surface area contributed by atoms with Crippen molar-refractivity contribution < 1.29 is 19.8 Å². The van der Waals surface area contributed by atoms with Crippen molar-refractivity contribution in [3.63, 3.8) is 0 Å². The van der Waals surface area contributed by atoms with Crippen molar-refractivity contribution in [3.05, 3.63) is 22.9 Å². The van der Waals surface area contributed by atoms with E-state index in [0.717, 1.165) is 18.5 Å². The molecule has 0 aromatic rings. The van der Waals surface area contributed by atoms with Crippen LogP contribution in [-0.4, -0.2) is 64.8 Å². The Morgan fingerprint density at radius 1 is 1.50 bits per heavy atom.